The summed E-state index contributed by atoms with van der Waals surface area (Å²) in [4.78, 5) is 4.25. The van der Waals surface area contributed by atoms with E-state index in [1.807, 2.05) is 31.2 Å². The van der Waals surface area contributed by atoms with Crippen LogP contribution in [0.5, 0.6) is 0 Å². The fourth-order valence-electron chi connectivity index (χ4n) is 1.61. The van der Waals surface area contributed by atoms with Gasteiger partial charge in [-0.15, -0.1) is 0 Å². The van der Waals surface area contributed by atoms with Crippen LogP contribution in [0, 0.1) is 5.82 Å². The lowest BCUT2D eigenvalue weighted by molar-refractivity contribution is 0.600. The molecule has 1 heterocycles. The van der Waals surface area contributed by atoms with Gasteiger partial charge < -0.3 is 5.32 Å². The number of pyridine rings is 1. The predicted octanol–water partition coefficient (Wildman–Crippen LogP) is 4.16. The first-order valence-electron chi connectivity index (χ1n) is 5.30. The summed E-state index contributed by atoms with van der Waals surface area (Å²) < 4.78 is 14.3. The van der Waals surface area contributed by atoms with Gasteiger partial charge in [0, 0.05) is 5.56 Å². The van der Waals surface area contributed by atoms with Gasteiger partial charge in [-0.25, -0.2) is 9.37 Å². The number of nitrogens with one attached hydrogen (secondary N) is 1. The molecule has 0 aliphatic carbocycles. The Labute approximate surface area is 108 Å². The maximum atomic E-state index is 13.6. The zero-order valence-corrected chi connectivity index (χ0v) is 10.9. The van der Waals surface area contributed by atoms with Crippen molar-refractivity contribution in [2.45, 2.75) is 13.0 Å². The summed E-state index contributed by atoms with van der Waals surface area (Å²) in [6, 6.07) is 12.2. The van der Waals surface area contributed by atoms with Crippen molar-refractivity contribution in [3.8, 4) is 0 Å². The van der Waals surface area contributed by atoms with Crippen molar-refractivity contribution in [3.63, 3.8) is 0 Å². The summed E-state index contributed by atoms with van der Waals surface area (Å²) in [5, 5.41) is 3.16. The minimum atomic E-state index is -0.206. The van der Waals surface area contributed by atoms with Crippen molar-refractivity contribution in [1.82, 2.24) is 4.98 Å². The number of halogens is 2. The minimum Gasteiger partial charge on any atom is -0.363 e. The Morgan fingerprint density at radius 3 is 2.65 bits per heavy atom. The molecule has 0 aliphatic rings. The summed E-state index contributed by atoms with van der Waals surface area (Å²) in [5.41, 5.74) is 0.634. The normalized spacial score (nSPS) is 12.2. The van der Waals surface area contributed by atoms with E-state index in [1.165, 1.54) is 6.07 Å². The molecule has 0 fully saturated rings. The quantitative estimate of drug-likeness (QED) is 0.860. The first-order chi connectivity index (χ1) is 8.16. The molecule has 17 heavy (non-hydrogen) atoms. The Morgan fingerprint density at radius 2 is 1.94 bits per heavy atom. The maximum absolute atomic E-state index is 13.6. The average Bonchev–Trinajstić information content (AvgIpc) is 2.29. The first-order valence-corrected chi connectivity index (χ1v) is 6.09. The van der Waals surface area contributed by atoms with Crippen LogP contribution in [-0.4, -0.2) is 4.98 Å². The van der Waals surface area contributed by atoms with Crippen LogP contribution in [0.4, 0.5) is 10.2 Å². The van der Waals surface area contributed by atoms with E-state index in [2.05, 4.69) is 26.2 Å². The Balaban J connectivity index is 2.17. The van der Waals surface area contributed by atoms with Crippen LogP contribution < -0.4 is 5.32 Å². The zero-order valence-electron chi connectivity index (χ0n) is 9.32. The number of aromatic nitrogens is 1. The molecule has 0 spiro atoms. The van der Waals surface area contributed by atoms with Gasteiger partial charge in [0.2, 0.25) is 0 Å². The molecule has 1 N–H and O–H groups in total. The van der Waals surface area contributed by atoms with Crippen molar-refractivity contribution in [1.29, 1.82) is 0 Å². The van der Waals surface area contributed by atoms with Gasteiger partial charge in [-0.2, -0.15) is 0 Å². The molecule has 88 valence electrons. The smallest absolute Gasteiger partial charge is 0.128 e. The maximum Gasteiger partial charge on any atom is 0.128 e. The Kier molecular flexibility index (Phi) is 3.74. The summed E-state index contributed by atoms with van der Waals surface area (Å²) in [6.07, 6.45) is 0. The summed E-state index contributed by atoms with van der Waals surface area (Å²) in [6.45, 7) is 1.90. The lowest BCUT2D eigenvalue weighted by Gasteiger charge is -2.15. The number of rotatable bonds is 3. The third kappa shape index (κ3) is 3.03. The zero-order chi connectivity index (χ0) is 12.3. The average molecular weight is 295 g/mol. The number of nitrogens with zero attached hydrogens (tertiary/aromatic N) is 1. The van der Waals surface area contributed by atoms with Gasteiger partial charge in [0.05, 0.1) is 6.04 Å². The molecule has 1 aromatic heterocycles. The van der Waals surface area contributed by atoms with Crippen LogP contribution in [0.3, 0.4) is 0 Å². The number of benzene rings is 1. The van der Waals surface area contributed by atoms with Gasteiger partial charge in [0.15, 0.2) is 0 Å². The highest BCUT2D eigenvalue weighted by molar-refractivity contribution is 9.10. The molecule has 0 amide bonds. The topological polar surface area (TPSA) is 24.9 Å². The van der Waals surface area contributed by atoms with Gasteiger partial charge in [0.1, 0.15) is 16.2 Å². The second kappa shape index (κ2) is 5.27. The van der Waals surface area contributed by atoms with Crippen LogP contribution in [0.25, 0.3) is 0 Å². The van der Waals surface area contributed by atoms with Crippen LogP contribution in [0.1, 0.15) is 18.5 Å². The highest BCUT2D eigenvalue weighted by Gasteiger charge is 2.10. The molecule has 0 bridgehead atoms. The second-order valence-electron chi connectivity index (χ2n) is 3.73. The third-order valence-electron chi connectivity index (χ3n) is 2.45. The van der Waals surface area contributed by atoms with Gasteiger partial charge in [-0.05, 0) is 41.1 Å². The van der Waals surface area contributed by atoms with E-state index in [0.29, 0.717) is 5.56 Å². The summed E-state index contributed by atoms with van der Waals surface area (Å²) in [5.74, 6) is 0.512. The molecule has 2 nitrogen and oxygen atoms in total. The molecule has 1 atom stereocenters. The lowest BCUT2D eigenvalue weighted by Crippen LogP contribution is -2.09. The Bertz CT molecular complexity index is 516. The fourth-order valence-corrected chi connectivity index (χ4v) is 1.96. The lowest BCUT2D eigenvalue weighted by atomic mass is 10.1. The molecule has 1 aromatic carbocycles. The van der Waals surface area contributed by atoms with Crippen molar-refractivity contribution < 1.29 is 4.39 Å². The first kappa shape index (κ1) is 12.0. The van der Waals surface area contributed by atoms with Crippen LogP contribution in [0.2, 0.25) is 0 Å². The standard InChI is InChI=1S/C13H12BrFN2/c1-9(10-5-2-3-6-11(10)15)16-13-8-4-7-12(14)17-13/h2-9H,1H3,(H,16,17). The van der Waals surface area contributed by atoms with Gasteiger partial charge in [0.25, 0.3) is 0 Å². The Morgan fingerprint density at radius 1 is 1.18 bits per heavy atom. The summed E-state index contributed by atoms with van der Waals surface area (Å²) >= 11 is 3.30. The van der Waals surface area contributed by atoms with E-state index in [9.17, 15) is 4.39 Å². The molecular formula is C13H12BrFN2. The third-order valence-corrected chi connectivity index (χ3v) is 2.89. The van der Waals surface area contributed by atoms with Crippen LogP contribution in [-0.2, 0) is 0 Å². The number of hydrogen-bond acceptors (Lipinski definition) is 2. The summed E-state index contributed by atoms with van der Waals surface area (Å²) in [7, 11) is 0. The molecular weight excluding hydrogens is 283 g/mol. The van der Waals surface area contributed by atoms with Gasteiger partial charge in [-0.1, -0.05) is 24.3 Å². The van der Waals surface area contributed by atoms with Crippen molar-refractivity contribution in [2.24, 2.45) is 0 Å². The fraction of sp³-hybridized carbons (Fsp3) is 0.154. The van der Waals surface area contributed by atoms with E-state index in [4.69, 9.17) is 0 Å². The molecule has 2 aromatic rings. The predicted molar refractivity (Wildman–Crippen MR) is 70.4 cm³/mol. The van der Waals surface area contributed by atoms with Gasteiger partial charge >= 0.3 is 0 Å². The highest BCUT2D eigenvalue weighted by atomic mass is 79.9. The van der Waals surface area contributed by atoms with Crippen LogP contribution in [0.15, 0.2) is 47.1 Å². The molecule has 0 saturated heterocycles. The van der Waals surface area contributed by atoms with E-state index < -0.39 is 0 Å². The molecule has 0 saturated carbocycles. The van der Waals surface area contributed by atoms with Crippen molar-refractivity contribution in [3.05, 3.63) is 58.4 Å². The molecule has 0 radical (unpaired) electrons. The Hall–Kier alpha value is -1.42. The number of anilines is 1. The molecule has 0 aliphatic heterocycles. The van der Waals surface area contributed by atoms with E-state index in [-0.39, 0.29) is 11.9 Å². The SMILES string of the molecule is CC(Nc1cccc(Br)n1)c1ccccc1F. The number of hydrogen-bond donors (Lipinski definition) is 1. The van der Waals surface area contributed by atoms with E-state index in [0.717, 1.165) is 10.4 Å². The van der Waals surface area contributed by atoms with E-state index >= 15 is 0 Å². The monoisotopic (exact) mass is 294 g/mol. The van der Waals surface area contributed by atoms with Crippen LogP contribution >= 0.6 is 15.9 Å². The molecule has 4 heteroatoms. The second-order valence-corrected chi connectivity index (χ2v) is 4.55. The molecule has 1 unspecified atom stereocenters. The minimum absolute atomic E-state index is 0.127. The van der Waals surface area contributed by atoms with E-state index in [1.54, 1.807) is 12.1 Å². The largest absolute Gasteiger partial charge is 0.363 e. The highest BCUT2D eigenvalue weighted by Crippen LogP contribution is 2.21. The van der Waals surface area contributed by atoms with Crippen molar-refractivity contribution >= 4 is 21.7 Å². The van der Waals surface area contributed by atoms with Gasteiger partial charge in [-0.3, -0.25) is 0 Å². The molecule has 2 rings (SSSR count). The van der Waals surface area contributed by atoms with Crippen molar-refractivity contribution in [2.75, 3.05) is 5.32 Å².